The smallest absolute Gasteiger partial charge is 0.256 e. The lowest BCUT2D eigenvalue weighted by atomic mass is 10.1. The second kappa shape index (κ2) is 7.87. The van der Waals surface area contributed by atoms with Crippen LogP contribution < -0.4 is 5.32 Å². The van der Waals surface area contributed by atoms with Gasteiger partial charge in [-0.1, -0.05) is 12.1 Å². The molecule has 2 aromatic rings. The standard InChI is InChI=1S/C19H26N6O2/c1-19(2,3)22-17(26)12-23-8-10-24(11-9-23)18(27)15-6-4-5-7-16(15)25-13-20-21-14-25/h4-7,13-14H,8-12H2,1-3H3,(H,22,26). The first-order valence-electron chi connectivity index (χ1n) is 9.10. The normalized spacial score (nSPS) is 15.6. The first kappa shape index (κ1) is 19.0. The molecule has 0 unspecified atom stereocenters. The average molecular weight is 370 g/mol. The molecule has 1 aromatic carbocycles. The number of nitrogens with one attached hydrogen (secondary N) is 1. The maximum Gasteiger partial charge on any atom is 0.256 e. The summed E-state index contributed by atoms with van der Waals surface area (Å²) in [5.74, 6) is -0.00155. The third kappa shape index (κ3) is 4.91. The number of rotatable bonds is 4. The lowest BCUT2D eigenvalue weighted by Gasteiger charge is -2.35. The van der Waals surface area contributed by atoms with Crippen LogP contribution in [0.3, 0.4) is 0 Å². The summed E-state index contributed by atoms with van der Waals surface area (Å²) in [6, 6.07) is 7.44. The Balaban J connectivity index is 1.61. The Bertz CT molecular complexity index is 789. The highest BCUT2D eigenvalue weighted by molar-refractivity contribution is 5.97. The fraction of sp³-hybridized carbons (Fsp3) is 0.474. The fourth-order valence-electron chi connectivity index (χ4n) is 3.15. The largest absolute Gasteiger partial charge is 0.350 e. The van der Waals surface area contributed by atoms with Crippen molar-refractivity contribution in [2.45, 2.75) is 26.3 Å². The number of aromatic nitrogens is 3. The van der Waals surface area contributed by atoms with E-state index in [1.807, 2.05) is 49.9 Å². The Morgan fingerprint density at radius 3 is 2.30 bits per heavy atom. The van der Waals surface area contributed by atoms with E-state index in [1.165, 1.54) is 0 Å². The Morgan fingerprint density at radius 1 is 1.04 bits per heavy atom. The number of carbonyl (C=O) groups excluding carboxylic acids is 2. The highest BCUT2D eigenvalue weighted by Gasteiger charge is 2.25. The molecule has 1 aliphatic heterocycles. The van der Waals surface area contributed by atoms with Crippen LogP contribution in [0.25, 0.3) is 5.69 Å². The highest BCUT2D eigenvalue weighted by Crippen LogP contribution is 2.17. The van der Waals surface area contributed by atoms with Gasteiger partial charge in [0.05, 0.1) is 17.8 Å². The van der Waals surface area contributed by atoms with Gasteiger partial charge in [-0.05, 0) is 32.9 Å². The van der Waals surface area contributed by atoms with E-state index in [1.54, 1.807) is 17.2 Å². The van der Waals surface area contributed by atoms with Crippen LogP contribution in [0.4, 0.5) is 0 Å². The molecule has 0 radical (unpaired) electrons. The predicted octanol–water partition coefficient (Wildman–Crippen LogP) is 0.940. The number of para-hydroxylation sites is 1. The van der Waals surface area contributed by atoms with Crippen molar-refractivity contribution in [1.82, 2.24) is 29.9 Å². The van der Waals surface area contributed by atoms with Gasteiger partial charge >= 0.3 is 0 Å². The van der Waals surface area contributed by atoms with E-state index in [9.17, 15) is 9.59 Å². The molecule has 0 aliphatic carbocycles. The first-order chi connectivity index (χ1) is 12.8. The topological polar surface area (TPSA) is 83.4 Å². The maximum absolute atomic E-state index is 13.0. The van der Waals surface area contributed by atoms with Gasteiger partial charge in [0.2, 0.25) is 5.91 Å². The number of nitrogens with zero attached hydrogens (tertiary/aromatic N) is 5. The summed E-state index contributed by atoms with van der Waals surface area (Å²) < 4.78 is 1.74. The monoisotopic (exact) mass is 370 g/mol. The second-order valence-corrected chi connectivity index (χ2v) is 7.75. The summed E-state index contributed by atoms with van der Waals surface area (Å²) in [6.45, 7) is 8.81. The molecule has 27 heavy (non-hydrogen) atoms. The number of hydrogen-bond acceptors (Lipinski definition) is 5. The molecule has 1 aromatic heterocycles. The number of carbonyl (C=O) groups is 2. The zero-order valence-electron chi connectivity index (χ0n) is 16.1. The summed E-state index contributed by atoms with van der Waals surface area (Å²) in [4.78, 5) is 29.0. The van der Waals surface area contributed by atoms with Crippen molar-refractivity contribution in [2.24, 2.45) is 0 Å². The third-order valence-electron chi connectivity index (χ3n) is 4.37. The van der Waals surface area contributed by atoms with Crippen molar-refractivity contribution >= 4 is 11.8 Å². The van der Waals surface area contributed by atoms with E-state index in [2.05, 4.69) is 20.4 Å². The quantitative estimate of drug-likeness (QED) is 0.866. The summed E-state index contributed by atoms with van der Waals surface area (Å²) in [6.07, 6.45) is 3.16. The van der Waals surface area contributed by atoms with E-state index >= 15 is 0 Å². The van der Waals surface area contributed by atoms with Gasteiger partial charge in [0.15, 0.2) is 0 Å². The van der Waals surface area contributed by atoms with Gasteiger partial charge in [-0.15, -0.1) is 10.2 Å². The molecule has 0 bridgehead atoms. The molecule has 0 saturated carbocycles. The summed E-state index contributed by atoms with van der Waals surface area (Å²) in [5, 5.41) is 10.6. The molecule has 1 N–H and O–H groups in total. The Morgan fingerprint density at radius 2 is 1.67 bits per heavy atom. The number of hydrogen-bond donors (Lipinski definition) is 1. The van der Waals surface area contributed by atoms with Crippen LogP contribution in [0, 0.1) is 0 Å². The van der Waals surface area contributed by atoms with Crippen LogP contribution in [-0.4, -0.2) is 74.6 Å². The van der Waals surface area contributed by atoms with Gasteiger partial charge in [-0.25, -0.2) is 0 Å². The molecular weight excluding hydrogens is 344 g/mol. The highest BCUT2D eigenvalue weighted by atomic mass is 16.2. The Hall–Kier alpha value is -2.74. The molecule has 8 nitrogen and oxygen atoms in total. The minimum atomic E-state index is -0.235. The minimum absolute atomic E-state index is 0.0141. The molecule has 8 heteroatoms. The van der Waals surface area contributed by atoms with E-state index in [-0.39, 0.29) is 17.4 Å². The van der Waals surface area contributed by atoms with Gasteiger partial charge < -0.3 is 10.2 Å². The van der Waals surface area contributed by atoms with E-state index < -0.39 is 0 Å². The fourth-order valence-corrected chi connectivity index (χ4v) is 3.15. The van der Waals surface area contributed by atoms with Crippen LogP contribution in [-0.2, 0) is 4.79 Å². The van der Waals surface area contributed by atoms with E-state index in [0.717, 1.165) is 5.69 Å². The molecule has 0 atom stereocenters. The molecule has 2 amide bonds. The van der Waals surface area contributed by atoms with Gasteiger partial charge in [0, 0.05) is 31.7 Å². The molecule has 1 aliphatic rings. The summed E-state index contributed by atoms with van der Waals surface area (Å²) in [5.41, 5.74) is 1.15. The zero-order valence-corrected chi connectivity index (χ0v) is 16.1. The van der Waals surface area contributed by atoms with Crippen LogP contribution in [0.15, 0.2) is 36.9 Å². The Kier molecular flexibility index (Phi) is 5.55. The molecule has 1 saturated heterocycles. The average Bonchev–Trinajstić information content (AvgIpc) is 3.14. The maximum atomic E-state index is 13.0. The summed E-state index contributed by atoms with van der Waals surface area (Å²) >= 11 is 0. The van der Waals surface area contributed by atoms with Crippen molar-refractivity contribution in [2.75, 3.05) is 32.7 Å². The lowest BCUT2D eigenvalue weighted by Crippen LogP contribution is -2.52. The van der Waals surface area contributed by atoms with Crippen LogP contribution in [0.2, 0.25) is 0 Å². The van der Waals surface area contributed by atoms with Crippen LogP contribution >= 0.6 is 0 Å². The van der Waals surface area contributed by atoms with Crippen molar-refractivity contribution in [1.29, 1.82) is 0 Å². The predicted molar refractivity (Wildman–Crippen MR) is 102 cm³/mol. The van der Waals surface area contributed by atoms with Crippen molar-refractivity contribution in [3.05, 3.63) is 42.5 Å². The molecule has 2 heterocycles. The van der Waals surface area contributed by atoms with Gasteiger partial charge in [-0.2, -0.15) is 0 Å². The third-order valence-corrected chi connectivity index (χ3v) is 4.37. The van der Waals surface area contributed by atoms with Gasteiger partial charge in [0.1, 0.15) is 12.7 Å². The molecule has 3 rings (SSSR count). The molecule has 1 fully saturated rings. The first-order valence-corrected chi connectivity index (χ1v) is 9.10. The van der Waals surface area contributed by atoms with Crippen molar-refractivity contribution < 1.29 is 9.59 Å². The van der Waals surface area contributed by atoms with Gasteiger partial charge in [0.25, 0.3) is 5.91 Å². The number of amides is 2. The number of benzene rings is 1. The SMILES string of the molecule is CC(C)(C)NC(=O)CN1CCN(C(=O)c2ccccc2-n2cnnc2)CC1. The second-order valence-electron chi connectivity index (χ2n) is 7.75. The number of piperazine rings is 1. The minimum Gasteiger partial charge on any atom is -0.350 e. The van der Waals surface area contributed by atoms with E-state index in [4.69, 9.17) is 0 Å². The molecule has 0 spiro atoms. The van der Waals surface area contributed by atoms with Gasteiger partial charge in [-0.3, -0.25) is 19.1 Å². The zero-order chi connectivity index (χ0) is 19.4. The van der Waals surface area contributed by atoms with Crippen molar-refractivity contribution in [3.63, 3.8) is 0 Å². The lowest BCUT2D eigenvalue weighted by molar-refractivity contribution is -0.124. The van der Waals surface area contributed by atoms with Crippen molar-refractivity contribution in [3.8, 4) is 5.69 Å². The van der Waals surface area contributed by atoms with E-state index in [0.29, 0.717) is 38.3 Å². The molecular formula is C19H26N6O2. The molecule has 144 valence electrons. The van der Waals surface area contributed by atoms with Crippen LogP contribution in [0.5, 0.6) is 0 Å². The Labute approximate surface area is 159 Å². The summed E-state index contributed by atoms with van der Waals surface area (Å²) in [7, 11) is 0. The van der Waals surface area contributed by atoms with Crippen LogP contribution in [0.1, 0.15) is 31.1 Å².